The van der Waals surface area contributed by atoms with E-state index in [4.69, 9.17) is 0 Å². The van der Waals surface area contributed by atoms with Crippen LogP contribution in [0.5, 0.6) is 0 Å². The highest BCUT2D eigenvalue weighted by Crippen LogP contribution is 2.59. The van der Waals surface area contributed by atoms with E-state index < -0.39 is 0 Å². The van der Waals surface area contributed by atoms with Gasteiger partial charge in [-0.25, -0.2) is 0 Å². The van der Waals surface area contributed by atoms with E-state index in [1.807, 2.05) is 0 Å². The van der Waals surface area contributed by atoms with Crippen molar-refractivity contribution in [3.05, 3.63) is 24.3 Å². The van der Waals surface area contributed by atoms with E-state index in [9.17, 15) is 0 Å². The molecule has 2 saturated carbocycles. The lowest BCUT2D eigenvalue weighted by Gasteiger charge is -2.35. The molecule has 2 fully saturated rings. The van der Waals surface area contributed by atoms with Gasteiger partial charge >= 0.3 is 0 Å². The van der Waals surface area contributed by atoms with Crippen molar-refractivity contribution in [2.75, 3.05) is 0 Å². The monoisotopic (exact) mass is 200 g/mol. The average Bonchev–Trinajstić information content (AvgIpc) is 2.94. The van der Waals surface area contributed by atoms with Crippen LogP contribution in [-0.4, -0.2) is 0 Å². The number of rotatable bonds is 0. The van der Waals surface area contributed by atoms with Crippen molar-refractivity contribution in [3.63, 3.8) is 0 Å². The second kappa shape index (κ2) is 2.99. The summed E-state index contributed by atoms with van der Waals surface area (Å²) in [6.07, 6.45) is 17.4. The van der Waals surface area contributed by atoms with Crippen LogP contribution >= 0.6 is 0 Å². The fraction of sp³-hybridized carbons (Fsp3) is 0.733. The van der Waals surface area contributed by atoms with Crippen molar-refractivity contribution < 1.29 is 0 Å². The third kappa shape index (κ3) is 1.20. The summed E-state index contributed by atoms with van der Waals surface area (Å²) in [7, 11) is 0. The summed E-state index contributed by atoms with van der Waals surface area (Å²) in [5.74, 6) is 6.14. The summed E-state index contributed by atoms with van der Waals surface area (Å²) in [6.45, 7) is 0. The molecule has 0 aromatic carbocycles. The molecule has 4 aliphatic rings. The Morgan fingerprint density at radius 2 is 1.73 bits per heavy atom. The van der Waals surface area contributed by atoms with Crippen molar-refractivity contribution in [1.29, 1.82) is 0 Å². The Balaban J connectivity index is 1.67. The molecule has 0 aromatic rings. The molecule has 0 spiro atoms. The molecular formula is C15H20. The van der Waals surface area contributed by atoms with Gasteiger partial charge in [0.15, 0.2) is 0 Å². The first-order valence-corrected chi connectivity index (χ1v) is 6.77. The Hall–Kier alpha value is -0.520. The molecule has 0 heterocycles. The number of hydrogen-bond acceptors (Lipinski definition) is 0. The molecule has 0 N–H and O–H groups in total. The second-order valence-electron chi connectivity index (χ2n) is 6.13. The fourth-order valence-corrected chi connectivity index (χ4v) is 4.66. The molecule has 0 saturated heterocycles. The Labute approximate surface area is 92.4 Å². The van der Waals surface area contributed by atoms with Crippen molar-refractivity contribution in [1.82, 2.24) is 0 Å². The quantitative estimate of drug-likeness (QED) is 0.522. The average molecular weight is 200 g/mol. The molecule has 0 aliphatic heterocycles. The van der Waals surface area contributed by atoms with Gasteiger partial charge in [-0.2, -0.15) is 0 Å². The third-order valence-corrected chi connectivity index (χ3v) is 5.49. The van der Waals surface area contributed by atoms with E-state index >= 15 is 0 Å². The molecule has 0 nitrogen and oxygen atoms in total. The summed E-state index contributed by atoms with van der Waals surface area (Å²) in [6, 6.07) is 0. The smallest absolute Gasteiger partial charge is 0.0133 e. The lowest BCUT2D eigenvalue weighted by Crippen LogP contribution is -2.28. The predicted molar refractivity (Wildman–Crippen MR) is 62.3 cm³/mol. The third-order valence-electron chi connectivity index (χ3n) is 5.49. The maximum atomic E-state index is 2.54. The van der Waals surface area contributed by atoms with Gasteiger partial charge in [0.2, 0.25) is 0 Å². The standard InChI is InChI=1S/C15H20/c1-3-10-4-2-6-13-14(12(10)5-1)8-7-11-9-15(11)13/h1-2,4-5,10-15H,3,6-9H2. The van der Waals surface area contributed by atoms with E-state index in [1.165, 1.54) is 19.3 Å². The second-order valence-corrected chi connectivity index (χ2v) is 6.13. The Kier molecular flexibility index (Phi) is 1.72. The van der Waals surface area contributed by atoms with Crippen LogP contribution in [0.25, 0.3) is 0 Å². The molecule has 0 amide bonds. The van der Waals surface area contributed by atoms with Gasteiger partial charge in [0.25, 0.3) is 0 Å². The zero-order valence-electron chi connectivity index (χ0n) is 9.31. The van der Waals surface area contributed by atoms with Gasteiger partial charge in [0.05, 0.1) is 0 Å². The van der Waals surface area contributed by atoms with Crippen LogP contribution in [0.4, 0.5) is 0 Å². The Bertz CT molecular complexity index is 325. The maximum absolute atomic E-state index is 2.54. The largest absolute Gasteiger partial charge is 0.0879 e. The molecule has 15 heavy (non-hydrogen) atoms. The zero-order valence-corrected chi connectivity index (χ0v) is 9.31. The van der Waals surface area contributed by atoms with Gasteiger partial charge in [-0.15, -0.1) is 0 Å². The molecule has 6 unspecified atom stereocenters. The first kappa shape index (κ1) is 8.61. The Morgan fingerprint density at radius 1 is 0.800 bits per heavy atom. The summed E-state index contributed by atoms with van der Waals surface area (Å²) in [5.41, 5.74) is 0. The van der Waals surface area contributed by atoms with E-state index in [0.717, 1.165) is 35.5 Å². The molecule has 4 aliphatic carbocycles. The van der Waals surface area contributed by atoms with Crippen LogP contribution in [0.3, 0.4) is 0 Å². The molecule has 0 heteroatoms. The first-order valence-electron chi connectivity index (χ1n) is 6.77. The predicted octanol–water partition coefficient (Wildman–Crippen LogP) is 3.80. The number of fused-ring (bicyclic) bond motifs is 5. The van der Waals surface area contributed by atoms with Crippen molar-refractivity contribution in [2.45, 2.75) is 32.1 Å². The zero-order chi connectivity index (χ0) is 9.83. The van der Waals surface area contributed by atoms with Gasteiger partial charge in [0.1, 0.15) is 0 Å². The normalized spacial score (nSPS) is 55.5. The Morgan fingerprint density at radius 3 is 2.73 bits per heavy atom. The highest BCUT2D eigenvalue weighted by Gasteiger charge is 2.51. The summed E-state index contributed by atoms with van der Waals surface area (Å²) in [5, 5.41) is 0. The van der Waals surface area contributed by atoms with Crippen molar-refractivity contribution >= 4 is 0 Å². The van der Waals surface area contributed by atoms with E-state index in [-0.39, 0.29) is 0 Å². The van der Waals surface area contributed by atoms with Gasteiger partial charge < -0.3 is 0 Å². The summed E-state index contributed by atoms with van der Waals surface area (Å²) in [4.78, 5) is 0. The highest BCUT2D eigenvalue weighted by molar-refractivity contribution is 5.16. The van der Waals surface area contributed by atoms with Crippen LogP contribution in [0.2, 0.25) is 0 Å². The van der Waals surface area contributed by atoms with Crippen LogP contribution in [0, 0.1) is 35.5 Å². The molecule has 0 bridgehead atoms. The van der Waals surface area contributed by atoms with Gasteiger partial charge in [0, 0.05) is 0 Å². The lowest BCUT2D eigenvalue weighted by atomic mass is 9.70. The maximum Gasteiger partial charge on any atom is -0.0133 e. The van der Waals surface area contributed by atoms with Gasteiger partial charge in [-0.05, 0) is 67.6 Å². The van der Waals surface area contributed by atoms with Gasteiger partial charge in [-0.3, -0.25) is 0 Å². The van der Waals surface area contributed by atoms with E-state index in [0.29, 0.717) is 0 Å². The highest BCUT2D eigenvalue weighted by atomic mass is 14.6. The minimum Gasteiger partial charge on any atom is -0.0879 e. The lowest BCUT2D eigenvalue weighted by molar-refractivity contribution is 0.163. The van der Waals surface area contributed by atoms with E-state index in [1.54, 1.807) is 12.8 Å². The minimum absolute atomic E-state index is 0.871. The SMILES string of the molecule is C1=CC2C(C=CCC3C4CC4CCC23)C1. The van der Waals surface area contributed by atoms with E-state index in [2.05, 4.69) is 24.3 Å². The summed E-state index contributed by atoms with van der Waals surface area (Å²) < 4.78 is 0. The van der Waals surface area contributed by atoms with Crippen molar-refractivity contribution in [2.24, 2.45) is 35.5 Å². The first-order chi connectivity index (χ1) is 7.43. The minimum atomic E-state index is 0.871. The molecule has 0 aromatic heterocycles. The fourth-order valence-electron chi connectivity index (χ4n) is 4.66. The van der Waals surface area contributed by atoms with Crippen LogP contribution in [-0.2, 0) is 0 Å². The van der Waals surface area contributed by atoms with Crippen molar-refractivity contribution in [3.8, 4) is 0 Å². The number of allylic oxidation sites excluding steroid dienone is 4. The molecule has 80 valence electrons. The number of hydrogen-bond donors (Lipinski definition) is 0. The van der Waals surface area contributed by atoms with Crippen LogP contribution in [0.15, 0.2) is 24.3 Å². The molecule has 4 rings (SSSR count). The topological polar surface area (TPSA) is 0 Å². The van der Waals surface area contributed by atoms with Crippen LogP contribution < -0.4 is 0 Å². The molecular weight excluding hydrogens is 180 g/mol. The summed E-state index contributed by atoms with van der Waals surface area (Å²) >= 11 is 0. The molecule has 6 atom stereocenters. The molecule has 0 radical (unpaired) electrons. The van der Waals surface area contributed by atoms with Crippen LogP contribution in [0.1, 0.15) is 32.1 Å². The van der Waals surface area contributed by atoms with Gasteiger partial charge in [-0.1, -0.05) is 24.3 Å².